The zero-order chi connectivity index (χ0) is 15.1. The minimum Gasteiger partial charge on any atom is -0.325 e. The summed E-state index contributed by atoms with van der Waals surface area (Å²) in [6, 6.07) is 16.3. The zero-order valence-corrected chi connectivity index (χ0v) is 13.4. The summed E-state index contributed by atoms with van der Waals surface area (Å²) in [5.74, 6) is 0.462. The summed E-state index contributed by atoms with van der Waals surface area (Å²) in [7, 11) is 0. The van der Waals surface area contributed by atoms with Crippen LogP contribution in [0, 0.1) is 6.92 Å². The van der Waals surface area contributed by atoms with Gasteiger partial charge in [-0.2, -0.15) is 0 Å². The maximum atomic E-state index is 11.9. The number of aryl methyl sites for hydroxylation is 2. The maximum absolute atomic E-state index is 11.9. The number of hydrogen-bond acceptors (Lipinski definition) is 2. The van der Waals surface area contributed by atoms with Crippen molar-refractivity contribution in [2.45, 2.75) is 31.6 Å². The Balaban J connectivity index is 1.82. The van der Waals surface area contributed by atoms with Crippen LogP contribution in [-0.2, 0) is 11.2 Å². The molecule has 0 aromatic heterocycles. The average molecular weight is 299 g/mol. The second kappa shape index (κ2) is 7.89. The van der Waals surface area contributed by atoms with Crippen LogP contribution in [0.1, 0.15) is 24.5 Å². The third-order valence-electron chi connectivity index (χ3n) is 3.17. The van der Waals surface area contributed by atoms with E-state index in [9.17, 15) is 4.79 Å². The van der Waals surface area contributed by atoms with Crippen LogP contribution in [0.2, 0.25) is 0 Å². The van der Waals surface area contributed by atoms with E-state index in [1.54, 1.807) is 11.8 Å². The predicted octanol–water partition coefficient (Wildman–Crippen LogP) is 4.68. The number of benzene rings is 2. The summed E-state index contributed by atoms with van der Waals surface area (Å²) in [6.07, 6.45) is 2.22. The van der Waals surface area contributed by atoms with Crippen molar-refractivity contribution in [2.75, 3.05) is 11.1 Å². The molecule has 21 heavy (non-hydrogen) atoms. The molecule has 0 unspecified atom stereocenters. The van der Waals surface area contributed by atoms with Crippen LogP contribution in [0.5, 0.6) is 0 Å². The van der Waals surface area contributed by atoms with Gasteiger partial charge < -0.3 is 5.32 Å². The van der Waals surface area contributed by atoms with Crippen LogP contribution in [0.15, 0.2) is 53.4 Å². The van der Waals surface area contributed by atoms with Crippen molar-refractivity contribution in [1.82, 2.24) is 0 Å². The molecule has 0 saturated heterocycles. The largest absolute Gasteiger partial charge is 0.325 e. The van der Waals surface area contributed by atoms with Crippen molar-refractivity contribution in [1.29, 1.82) is 0 Å². The van der Waals surface area contributed by atoms with E-state index in [0.29, 0.717) is 5.75 Å². The number of amides is 1. The summed E-state index contributed by atoms with van der Waals surface area (Å²) in [6.45, 7) is 4.22. The number of anilines is 1. The molecule has 1 N–H and O–H groups in total. The van der Waals surface area contributed by atoms with Crippen LogP contribution in [0.3, 0.4) is 0 Å². The molecule has 0 aliphatic heterocycles. The average Bonchev–Trinajstić information content (AvgIpc) is 2.49. The van der Waals surface area contributed by atoms with Gasteiger partial charge in [0.1, 0.15) is 0 Å². The molecular formula is C18H21NOS. The molecule has 0 saturated carbocycles. The van der Waals surface area contributed by atoms with E-state index in [1.807, 2.05) is 24.3 Å². The standard InChI is InChI=1S/C18H21NOS/c1-3-4-15-7-9-16(10-8-15)19-18(20)13-21-17-11-5-14(2)6-12-17/h5-12H,3-4,13H2,1-2H3,(H,19,20). The number of nitrogens with one attached hydrogen (secondary N) is 1. The number of carbonyl (C=O) groups is 1. The summed E-state index contributed by atoms with van der Waals surface area (Å²) in [5.41, 5.74) is 3.41. The lowest BCUT2D eigenvalue weighted by molar-refractivity contribution is -0.113. The fourth-order valence-corrected chi connectivity index (χ4v) is 2.72. The van der Waals surface area contributed by atoms with Gasteiger partial charge >= 0.3 is 0 Å². The molecule has 0 radical (unpaired) electrons. The lowest BCUT2D eigenvalue weighted by atomic mass is 10.1. The first-order valence-electron chi connectivity index (χ1n) is 7.25. The van der Waals surface area contributed by atoms with E-state index in [4.69, 9.17) is 0 Å². The monoisotopic (exact) mass is 299 g/mol. The van der Waals surface area contributed by atoms with Crippen LogP contribution in [0.4, 0.5) is 5.69 Å². The quantitative estimate of drug-likeness (QED) is 0.785. The van der Waals surface area contributed by atoms with Crippen LogP contribution >= 0.6 is 11.8 Å². The lowest BCUT2D eigenvalue weighted by Crippen LogP contribution is -2.13. The van der Waals surface area contributed by atoms with Gasteiger partial charge in [-0.1, -0.05) is 43.2 Å². The SMILES string of the molecule is CCCc1ccc(NC(=O)CSc2ccc(C)cc2)cc1. The predicted molar refractivity (Wildman–Crippen MR) is 91.0 cm³/mol. The smallest absolute Gasteiger partial charge is 0.234 e. The van der Waals surface area contributed by atoms with Crippen molar-refractivity contribution in [2.24, 2.45) is 0 Å². The number of hydrogen-bond donors (Lipinski definition) is 1. The maximum Gasteiger partial charge on any atom is 0.234 e. The third-order valence-corrected chi connectivity index (χ3v) is 4.18. The van der Waals surface area contributed by atoms with Crippen LogP contribution < -0.4 is 5.32 Å². The summed E-state index contributed by atoms with van der Waals surface area (Å²) in [4.78, 5) is 13.1. The molecule has 2 rings (SSSR count). The van der Waals surface area contributed by atoms with Crippen molar-refractivity contribution in [3.8, 4) is 0 Å². The number of rotatable bonds is 6. The van der Waals surface area contributed by atoms with Gasteiger partial charge in [0.25, 0.3) is 0 Å². The van der Waals surface area contributed by atoms with E-state index in [2.05, 4.69) is 43.4 Å². The second-order valence-electron chi connectivity index (χ2n) is 5.10. The van der Waals surface area contributed by atoms with Gasteiger partial charge in [-0.05, 0) is 43.2 Å². The van der Waals surface area contributed by atoms with E-state index in [-0.39, 0.29) is 5.91 Å². The normalized spacial score (nSPS) is 10.4. The Morgan fingerprint density at radius 3 is 2.33 bits per heavy atom. The highest BCUT2D eigenvalue weighted by atomic mass is 32.2. The molecule has 3 heteroatoms. The molecule has 2 aromatic rings. The summed E-state index contributed by atoms with van der Waals surface area (Å²) in [5, 5.41) is 2.93. The third kappa shape index (κ3) is 5.27. The van der Waals surface area contributed by atoms with Crippen molar-refractivity contribution >= 4 is 23.4 Å². The van der Waals surface area contributed by atoms with Gasteiger partial charge in [0.15, 0.2) is 0 Å². The van der Waals surface area contributed by atoms with Gasteiger partial charge in [0.05, 0.1) is 5.75 Å². The molecule has 0 atom stereocenters. The molecule has 1 amide bonds. The Labute approximate surface area is 131 Å². The van der Waals surface area contributed by atoms with Gasteiger partial charge in [0.2, 0.25) is 5.91 Å². The molecule has 0 fully saturated rings. The topological polar surface area (TPSA) is 29.1 Å². The molecule has 0 bridgehead atoms. The first-order chi connectivity index (χ1) is 10.2. The fourth-order valence-electron chi connectivity index (χ4n) is 2.02. The first-order valence-corrected chi connectivity index (χ1v) is 8.24. The molecule has 0 aliphatic rings. The van der Waals surface area contributed by atoms with E-state index >= 15 is 0 Å². The Bertz CT molecular complexity index is 575. The molecule has 0 spiro atoms. The Kier molecular flexibility index (Phi) is 5.88. The van der Waals surface area contributed by atoms with Crippen molar-refractivity contribution < 1.29 is 4.79 Å². The Hall–Kier alpha value is -1.74. The van der Waals surface area contributed by atoms with Crippen molar-refractivity contribution in [3.05, 3.63) is 59.7 Å². The van der Waals surface area contributed by atoms with Crippen LogP contribution in [-0.4, -0.2) is 11.7 Å². The van der Waals surface area contributed by atoms with Gasteiger partial charge in [-0.15, -0.1) is 11.8 Å². The minimum atomic E-state index is 0.0313. The summed E-state index contributed by atoms with van der Waals surface area (Å²) >= 11 is 1.56. The zero-order valence-electron chi connectivity index (χ0n) is 12.6. The first kappa shape index (κ1) is 15.6. The highest BCUT2D eigenvalue weighted by Gasteiger charge is 2.04. The number of thioether (sulfide) groups is 1. The fraction of sp³-hybridized carbons (Fsp3) is 0.278. The molecule has 2 aromatic carbocycles. The Morgan fingerprint density at radius 2 is 1.71 bits per heavy atom. The summed E-state index contributed by atoms with van der Waals surface area (Å²) < 4.78 is 0. The van der Waals surface area contributed by atoms with E-state index < -0.39 is 0 Å². The molecule has 0 heterocycles. The molecular weight excluding hydrogens is 278 g/mol. The highest BCUT2D eigenvalue weighted by Crippen LogP contribution is 2.19. The highest BCUT2D eigenvalue weighted by molar-refractivity contribution is 8.00. The van der Waals surface area contributed by atoms with Gasteiger partial charge in [-0.25, -0.2) is 0 Å². The number of carbonyl (C=O) groups excluding carboxylic acids is 1. The second-order valence-corrected chi connectivity index (χ2v) is 6.15. The lowest BCUT2D eigenvalue weighted by Gasteiger charge is -2.06. The molecule has 110 valence electrons. The Morgan fingerprint density at radius 1 is 1.05 bits per heavy atom. The van der Waals surface area contributed by atoms with Crippen molar-refractivity contribution in [3.63, 3.8) is 0 Å². The molecule has 2 nitrogen and oxygen atoms in total. The minimum absolute atomic E-state index is 0.0313. The van der Waals surface area contributed by atoms with E-state index in [1.165, 1.54) is 11.1 Å². The van der Waals surface area contributed by atoms with Gasteiger partial charge in [0, 0.05) is 10.6 Å². The van der Waals surface area contributed by atoms with Crippen LogP contribution in [0.25, 0.3) is 0 Å². The van der Waals surface area contributed by atoms with Gasteiger partial charge in [-0.3, -0.25) is 4.79 Å². The van der Waals surface area contributed by atoms with E-state index in [0.717, 1.165) is 23.4 Å². The molecule has 0 aliphatic carbocycles.